The summed E-state index contributed by atoms with van der Waals surface area (Å²) in [4.78, 5) is 37.0. The van der Waals surface area contributed by atoms with Gasteiger partial charge in [0.25, 0.3) is 11.6 Å². The second-order valence-corrected chi connectivity index (χ2v) is 9.50. The van der Waals surface area contributed by atoms with E-state index in [-0.39, 0.29) is 35.4 Å². The number of aryl methyl sites for hydroxylation is 1. The molecule has 2 atom stereocenters. The molecule has 6 N–H and O–H groups in total. The van der Waals surface area contributed by atoms with Gasteiger partial charge in [0.1, 0.15) is 11.6 Å². The standard InChI is InChI=1S/C27H28N8O4/c1-15-6-11-19-18(14-15)24(30-20-4-2-3-5-21(20)31-26(28)29)33-27(32-19)34-25(36)23-13-12-22(39-23)16-7-9-17(10-8-16)35(37)38/h6-14,20-21H,2-5H2,1H3,(H4,28,29,31)(H2,30,32,33,34,36). The van der Waals surface area contributed by atoms with Crippen LogP contribution in [0.5, 0.6) is 0 Å². The molecule has 2 unspecified atom stereocenters. The molecule has 4 aromatic rings. The van der Waals surface area contributed by atoms with E-state index in [2.05, 4.69) is 25.6 Å². The van der Waals surface area contributed by atoms with Gasteiger partial charge in [-0.05, 0) is 56.2 Å². The minimum Gasteiger partial charge on any atom is -0.451 e. The molecule has 39 heavy (non-hydrogen) atoms. The highest BCUT2D eigenvalue weighted by Crippen LogP contribution is 2.29. The van der Waals surface area contributed by atoms with Crippen LogP contribution in [0.2, 0.25) is 0 Å². The van der Waals surface area contributed by atoms with Crippen LogP contribution >= 0.6 is 0 Å². The van der Waals surface area contributed by atoms with Crippen molar-refractivity contribution in [2.75, 3.05) is 10.6 Å². The third-order valence-electron chi connectivity index (χ3n) is 6.64. The van der Waals surface area contributed by atoms with Crippen molar-refractivity contribution in [3.05, 3.63) is 76.0 Å². The average Bonchev–Trinajstić information content (AvgIpc) is 3.41. The molecular formula is C27H28N8O4. The molecule has 1 fully saturated rings. The van der Waals surface area contributed by atoms with Crippen molar-refractivity contribution < 1.29 is 14.1 Å². The minimum atomic E-state index is -0.531. The molecule has 1 amide bonds. The van der Waals surface area contributed by atoms with Gasteiger partial charge in [-0.15, -0.1) is 0 Å². The van der Waals surface area contributed by atoms with Crippen molar-refractivity contribution in [2.24, 2.45) is 16.5 Å². The maximum atomic E-state index is 13.0. The molecule has 0 aliphatic heterocycles. The average molecular weight is 529 g/mol. The molecule has 1 aliphatic carbocycles. The zero-order valence-electron chi connectivity index (χ0n) is 21.3. The highest BCUT2D eigenvalue weighted by Gasteiger charge is 2.26. The third kappa shape index (κ3) is 5.79. The number of rotatable bonds is 7. The van der Waals surface area contributed by atoms with E-state index < -0.39 is 10.8 Å². The largest absolute Gasteiger partial charge is 0.451 e. The number of fused-ring (bicyclic) bond motifs is 1. The number of hydrogen-bond donors (Lipinski definition) is 4. The number of guanidine groups is 1. The van der Waals surface area contributed by atoms with Crippen LogP contribution in [0.3, 0.4) is 0 Å². The van der Waals surface area contributed by atoms with Gasteiger partial charge in [-0.1, -0.05) is 24.5 Å². The first-order valence-electron chi connectivity index (χ1n) is 12.6. The lowest BCUT2D eigenvalue weighted by Gasteiger charge is -2.30. The fraction of sp³-hybridized carbons (Fsp3) is 0.259. The number of amides is 1. The van der Waals surface area contributed by atoms with Crippen LogP contribution in [0, 0.1) is 17.0 Å². The third-order valence-corrected chi connectivity index (χ3v) is 6.64. The Labute approximate surface area is 223 Å². The van der Waals surface area contributed by atoms with E-state index in [4.69, 9.17) is 15.9 Å². The first-order chi connectivity index (χ1) is 18.8. The van der Waals surface area contributed by atoms with Crippen molar-refractivity contribution in [2.45, 2.75) is 44.7 Å². The molecule has 2 heterocycles. The van der Waals surface area contributed by atoms with Crippen molar-refractivity contribution >= 4 is 40.2 Å². The lowest BCUT2D eigenvalue weighted by atomic mass is 9.90. The number of anilines is 2. The van der Waals surface area contributed by atoms with E-state index in [9.17, 15) is 14.9 Å². The van der Waals surface area contributed by atoms with E-state index in [0.717, 1.165) is 36.6 Å². The number of non-ortho nitro benzene ring substituents is 1. The van der Waals surface area contributed by atoms with Crippen molar-refractivity contribution in [3.8, 4) is 11.3 Å². The fourth-order valence-electron chi connectivity index (χ4n) is 4.74. The summed E-state index contributed by atoms with van der Waals surface area (Å²) in [7, 11) is 0. The Morgan fingerprint density at radius 2 is 1.85 bits per heavy atom. The quantitative estimate of drug-likeness (QED) is 0.117. The summed E-state index contributed by atoms with van der Waals surface area (Å²) in [5, 5.41) is 18.0. The Hall–Kier alpha value is -5.00. The number of aromatic nitrogens is 2. The number of hydrogen-bond acceptors (Lipinski definition) is 8. The number of carbonyl (C=O) groups excluding carboxylic acids is 1. The van der Waals surface area contributed by atoms with E-state index in [0.29, 0.717) is 22.7 Å². The number of benzene rings is 2. The topological polar surface area (TPSA) is 188 Å². The van der Waals surface area contributed by atoms with E-state index >= 15 is 0 Å². The number of nitro groups is 1. The first kappa shape index (κ1) is 25.6. The number of carbonyl (C=O) groups is 1. The van der Waals surface area contributed by atoms with E-state index in [1.165, 1.54) is 18.2 Å². The van der Waals surface area contributed by atoms with E-state index in [1.54, 1.807) is 18.2 Å². The summed E-state index contributed by atoms with van der Waals surface area (Å²) < 4.78 is 5.72. The number of nitrogens with zero attached hydrogens (tertiary/aromatic N) is 4. The highest BCUT2D eigenvalue weighted by atomic mass is 16.6. The summed E-state index contributed by atoms with van der Waals surface area (Å²) in [5.74, 6) is 0.656. The molecule has 0 spiro atoms. The van der Waals surface area contributed by atoms with Gasteiger partial charge in [0.15, 0.2) is 11.7 Å². The lowest BCUT2D eigenvalue weighted by Crippen LogP contribution is -2.38. The number of nitrogens with two attached hydrogens (primary N) is 2. The predicted molar refractivity (Wildman–Crippen MR) is 149 cm³/mol. The molecule has 2 aromatic heterocycles. The Balaban J connectivity index is 1.40. The second-order valence-electron chi connectivity index (χ2n) is 9.50. The fourth-order valence-corrected chi connectivity index (χ4v) is 4.74. The molecule has 12 nitrogen and oxygen atoms in total. The number of furan rings is 1. The van der Waals surface area contributed by atoms with Crippen LogP contribution in [-0.4, -0.2) is 38.8 Å². The molecule has 200 valence electrons. The van der Waals surface area contributed by atoms with Crippen LogP contribution in [0.4, 0.5) is 17.5 Å². The molecule has 2 aromatic carbocycles. The normalized spacial score (nSPS) is 16.9. The van der Waals surface area contributed by atoms with Crippen LogP contribution < -0.4 is 22.1 Å². The van der Waals surface area contributed by atoms with Gasteiger partial charge in [0, 0.05) is 23.1 Å². The van der Waals surface area contributed by atoms with Crippen LogP contribution in [0.15, 0.2) is 64.0 Å². The summed E-state index contributed by atoms with van der Waals surface area (Å²) in [5.41, 5.74) is 13.6. The number of aliphatic imine (C=N–C) groups is 1. The van der Waals surface area contributed by atoms with Crippen molar-refractivity contribution in [1.29, 1.82) is 0 Å². The van der Waals surface area contributed by atoms with Gasteiger partial charge < -0.3 is 21.2 Å². The molecule has 5 rings (SSSR count). The molecule has 1 aliphatic rings. The van der Waals surface area contributed by atoms with Gasteiger partial charge in [-0.25, -0.2) is 9.98 Å². The van der Waals surface area contributed by atoms with Crippen molar-refractivity contribution in [3.63, 3.8) is 0 Å². The smallest absolute Gasteiger partial charge is 0.293 e. The molecule has 0 saturated heterocycles. The van der Waals surface area contributed by atoms with Gasteiger partial charge in [0.2, 0.25) is 5.95 Å². The molecule has 1 saturated carbocycles. The zero-order chi connectivity index (χ0) is 27.5. The van der Waals surface area contributed by atoms with Gasteiger partial charge in [-0.2, -0.15) is 4.98 Å². The second kappa shape index (κ2) is 10.8. The molecular weight excluding hydrogens is 500 g/mol. The Bertz CT molecular complexity index is 1560. The summed E-state index contributed by atoms with van der Waals surface area (Å²) in [6.07, 6.45) is 3.81. The molecule has 0 radical (unpaired) electrons. The molecule has 0 bridgehead atoms. The lowest BCUT2D eigenvalue weighted by molar-refractivity contribution is -0.384. The monoisotopic (exact) mass is 528 g/mol. The van der Waals surface area contributed by atoms with Crippen molar-refractivity contribution in [1.82, 2.24) is 9.97 Å². The van der Waals surface area contributed by atoms with Crippen LogP contribution in [-0.2, 0) is 0 Å². The zero-order valence-corrected chi connectivity index (χ0v) is 21.3. The first-order valence-corrected chi connectivity index (χ1v) is 12.6. The highest BCUT2D eigenvalue weighted by molar-refractivity contribution is 6.02. The van der Waals surface area contributed by atoms with Crippen LogP contribution in [0.25, 0.3) is 22.2 Å². The van der Waals surface area contributed by atoms with Gasteiger partial charge >= 0.3 is 0 Å². The number of nitro benzene ring substituents is 1. The summed E-state index contributed by atoms with van der Waals surface area (Å²) in [6.45, 7) is 1.99. The predicted octanol–water partition coefficient (Wildman–Crippen LogP) is 4.36. The SMILES string of the molecule is Cc1ccc2nc(NC(=O)c3ccc(-c4ccc([N+](=O)[O-])cc4)o3)nc(NC3CCCCC3N=C(N)N)c2c1. The molecule has 12 heteroatoms. The summed E-state index contributed by atoms with van der Waals surface area (Å²) in [6, 6.07) is 14.7. The van der Waals surface area contributed by atoms with Gasteiger partial charge in [-0.3, -0.25) is 20.2 Å². The van der Waals surface area contributed by atoms with Crippen LogP contribution in [0.1, 0.15) is 41.8 Å². The maximum absolute atomic E-state index is 13.0. The minimum absolute atomic E-state index is 0.0302. The van der Waals surface area contributed by atoms with Gasteiger partial charge in [0.05, 0.1) is 22.5 Å². The summed E-state index contributed by atoms with van der Waals surface area (Å²) >= 11 is 0. The Kier molecular flexibility index (Phi) is 7.08. The Morgan fingerprint density at radius 3 is 2.59 bits per heavy atom. The Morgan fingerprint density at radius 1 is 1.08 bits per heavy atom. The van der Waals surface area contributed by atoms with E-state index in [1.807, 2.05) is 25.1 Å². The number of nitrogens with one attached hydrogen (secondary N) is 2. The maximum Gasteiger partial charge on any atom is 0.293 e.